The maximum atomic E-state index is 11.8. The van der Waals surface area contributed by atoms with E-state index >= 15 is 0 Å². The molecular formula is C18H22O2. The molecular weight excluding hydrogens is 248 g/mol. The molecule has 1 aromatic carbocycles. The molecule has 2 heteroatoms. The highest BCUT2D eigenvalue weighted by Gasteiger charge is 2.35. The van der Waals surface area contributed by atoms with E-state index in [4.69, 9.17) is 0 Å². The van der Waals surface area contributed by atoms with Crippen LogP contribution in [0.3, 0.4) is 0 Å². The Morgan fingerprint density at radius 1 is 1.15 bits per heavy atom. The first-order valence-corrected chi connectivity index (χ1v) is 7.21. The molecule has 1 aliphatic rings. The molecule has 1 aliphatic carbocycles. The number of benzene rings is 1. The molecule has 0 amide bonds. The van der Waals surface area contributed by atoms with Gasteiger partial charge >= 0.3 is 0 Å². The molecule has 0 radical (unpaired) electrons. The van der Waals surface area contributed by atoms with E-state index in [1.165, 1.54) is 5.56 Å². The number of hydrogen-bond acceptors (Lipinski definition) is 2. The molecule has 0 saturated heterocycles. The lowest BCUT2D eigenvalue weighted by molar-refractivity contribution is -0.134. The van der Waals surface area contributed by atoms with Crippen LogP contribution in [0.2, 0.25) is 0 Å². The van der Waals surface area contributed by atoms with Crippen molar-refractivity contribution < 1.29 is 9.90 Å². The standard InChI is InChI=1S/C18H22O2/c1-17(2,3)15-9-7-14(8-10-15)11-13-18(20)12-5-4-6-16(18)19/h7-10,20H,4-6,12H2,1-3H3. The lowest BCUT2D eigenvalue weighted by Crippen LogP contribution is -2.39. The highest BCUT2D eigenvalue weighted by molar-refractivity contribution is 5.91. The van der Waals surface area contributed by atoms with Gasteiger partial charge in [0.1, 0.15) is 0 Å². The fourth-order valence-electron chi connectivity index (χ4n) is 2.37. The van der Waals surface area contributed by atoms with Crippen molar-refractivity contribution in [2.75, 3.05) is 0 Å². The predicted molar refractivity (Wildman–Crippen MR) is 80.4 cm³/mol. The van der Waals surface area contributed by atoms with Crippen molar-refractivity contribution >= 4 is 5.78 Å². The lowest BCUT2D eigenvalue weighted by atomic mass is 9.84. The quantitative estimate of drug-likeness (QED) is 0.735. The van der Waals surface area contributed by atoms with Crippen LogP contribution in [0.4, 0.5) is 0 Å². The van der Waals surface area contributed by atoms with Gasteiger partial charge in [0.15, 0.2) is 11.4 Å². The van der Waals surface area contributed by atoms with Crippen molar-refractivity contribution in [3.8, 4) is 11.8 Å². The molecule has 0 heterocycles. The lowest BCUT2D eigenvalue weighted by Gasteiger charge is -2.24. The summed E-state index contributed by atoms with van der Waals surface area (Å²) in [5, 5.41) is 10.3. The van der Waals surface area contributed by atoms with Crippen LogP contribution in [0.1, 0.15) is 57.6 Å². The molecule has 106 valence electrons. The van der Waals surface area contributed by atoms with Gasteiger partial charge in [0, 0.05) is 12.0 Å². The zero-order valence-corrected chi connectivity index (χ0v) is 12.5. The van der Waals surface area contributed by atoms with Gasteiger partial charge in [-0.2, -0.15) is 0 Å². The van der Waals surface area contributed by atoms with Gasteiger partial charge in [-0.3, -0.25) is 4.79 Å². The van der Waals surface area contributed by atoms with E-state index in [0.717, 1.165) is 18.4 Å². The second-order valence-corrected chi connectivity index (χ2v) is 6.57. The van der Waals surface area contributed by atoms with E-state index in [2.05, 4.69) is 44.7 Å². The highest BCUT2D eigenvalue weighted by Crippen LogP contribution is 2.25. The second kappa shape index (κ2) is 5.42. The van der Waals surface area contributed by atoms with Crippen LogP contribution in [-0.4, -0.2) is 16.5 Å². The fraction of sp³-hybridized carbons (Fsp3) is 0.500. The van der Waals surface area contributed by atoms with Gasteiger partial charge < -0.3 is 5.11 Å². The number of rotatable bonds is 0. The molecule has 2 rings (SSSR count). The van der Waals surface area contributed by atoms with Crippen molar-refractivity contribution in [1.82, 2.24) is 0 Å². The van der Waals surface area contributed by atoms with Gasteiger partial charge in [-0.1, -0.05) is 44.7 Å². The maximum Gasteiger partial charge on any atom is 0.184 e. The second-order valence-electron chi connectivity index (χ2n) is 6.57. The van der Waals surface area contributed by atoms with Crippen LogP contribution in [-0.2, 0) is 10.2 Å². The number of hydrogen-bond donors (Lipinski definition) is 1. The Hall–Kier alpha value is -1.59. The van der Waals surface area contributed by atoms with Crippen molar-refractivity contribution in [2.24, 2.45) is 0 Å². The first-order valence-electron chi connectivity index (χ1n) is 7.21. The Bertz CT molecular complexity index is 552. The molecule has 1 unspecified atom stereocenters. The summed E-state index contributed by atoms with van der Waals surface area (Å²) in [6, 6.07) is 8.00. The molecule has 1 aromatic rings. The van der Waals surface area contributed by atoms with Crippen LogP contribution < -0.4 is 0 Å². The van der Waals surface area contributed by atoms with Crippen LogP contribution in [0, 0.1) is 11.8 Å². The predicted octanol–water partition coefficient (Wildman–Crippen LogP) is 3.21. The summed E-state index contributed by atoms with van der Waals surface area (Å²) in [6.45, 7) is 6.49. The van der Waals surface area contributed by atoms with Gasteiger partial charge in [0.2, 0.25) is 0 Å². The van der Waals surface area contributed by atoms with Crippen LogP contribution in [0.25, 0.3) is 0 Å². The fourth-order valence-corrected chi connectivity index (χ4v) is 2.37. The summed E-state index contributed by atoms with van der Waals surface area (Å²) in [6.07, 6.45) is 2.62. The third kappa shape index (κ3) is 3.29. The normalized spacial score (nSPS) is 23.1. The zero-order valence-electron chi connectivity index (χ0n) is 12.5. The summed E-state index contributed by atoms with van der Waals surface area (Å²) < 4.78 is 0. The van der Waals surface area contributed by atoms with Gasteiger partial charge in [-0.05, 0) is 42.4 Å². The van der Waals surface area contributed by atoms with Crippen molar-refractivity contribution in [1.29, 1.82) is 0 Å². The number of ketones is 1. The zero-order chi connectivity index (χ0) is 14.8. The van der Waals surface area contributed by atoms with Crippen molar-refractivity contribution in [2.45, 2.75) is 57.5 Å². The topological polar surface area (TPSA) is 37.3 Å². The molecule has 0 spiro atoms. The first-order chi connectivity index (χ1) is 9.31. The monoisotopic (exact) mass is 270 g/mol. The Morgan fingerprint density at radius 3 is 2.35 bits per heavy atom. The molecule has 1 saturated carbocycles. The van der Waals surface area contributed by atoms with Gasteiger partial charge in [0.25, 0.3) is 0 Å². The molecule has 1 N–H and O–H groups in total. The van der Waals surface area contributed by atoms with Gasteiger partial charge in [0.05, 0.1) is 0 Å². The van der Waals surface area contributed by atoms with E-state index in [-0.39, 0.29) is 11.2 Å². The molecule has 0 bridgehead atoms. The largest absolute Gasteiger partial charge is 0.371 e. The Labute approximate surface area is 121 Å². The Kier molecular flexibility index (Phi) is 4.01. The molecule has 1 fully saturated rings. The summed E-state index contributed by atoms with van der Waals surface area (Å²) >= 11 is 0. The first kappa shape index (κ1) is 14.8. The van der Waals surface area contributed by atoms with Gasteiger partial charge in [-0.15, -0.1) is 0 Å². The third-order valence-electron chi connectivity index (χ3n) is 3.82. The van der Waals surface area contributed by atoms with E-state index in [0.29, 0.717) is 12.8 Å². The highest BCUT2D eigenvalue weighted by atomic mass is 16.3. The minimum Gasteiger partial charge on any atom is -0.371 e. The summed E-state index contributed by atoms with van der Waals surface area (Å²) in [5.74, 6) is 5.58. The summed E-state index contributed by atoms with van der Waals surface area (Å²) in [4.78, 5) is 11.8. The Morgan fingerprint density at radius 2 is 1.80 bits per heavy atom. The number of aliphatic hydroxyl groups is 1. The number of carbonyl (C=O) groups is 1. The average Bonchev–Trinajstić information content (AvgIpc) is 2.40. The summed E-state index contributed by atoms with van der Waals surface area (Å²) in [7, 11) is 0. The molecule has 0 aromatic heterocycles. The van der Waals surface area contributed by atoms with E-state index < -0.39 is 5.60 Å². The molecule has 20 heavy (non-hydrogen) atoms. The minimum absolute atomic E-state index is 0.115. The van der Waals surface area contributed by atoms with Crippen LogP contribution >= 0.6 is 0 Å². The summed E-state index contributed by atoms with van der Waals surface area (Å²) in [5.41, 5.74) is 0.769. The average molecular weight is 270 g/mol. The Balaban J connectivity index is 2.19. The van der Waals surface area contributed by atoms with Crippen LogP contribution in [0.5, 0.6) is 0 Å². The molecule has 2 nitrogen and oxygen atoms in total. The van der Waals surface area contributed by atoms with E-state index in [1.807, 2.05) is 12.1 Å². The van der Waals surface area contributed by atoms with Crippen molar-refractivity contribution in [3.05, 3.63) is 35.4 Å². The minimum atomic E-state index is -1.43. The maximum absolute atomic E-state index is 11.8. The van der Waals surface area contributed by atoms with E-state index in [1.54, 1.807) is 0 Å². The SMILES string of the molecule is CC(C)(C)c1ccc(C#CC2(O)CCCCC2=O)cc1. The molecule has 0 aliphatic heterocycles. The number of Topliss-reactive ketones (excluding diaryl/α,β-unsaturated/α-hetero) is 1. The number of carbonyl (C=O) groups excluding carboxylic acids is 1. The third-order valence-corrected chi connectivity index (χ3v) is 3.82. The van der Waals surface area contributed by atoms with E-state index in [9.17, 15) is 9.90 Å². The van der Waals surface area contributed by atoms with Crippen LogP contribution in [0.15, 0.2) is 24.3 Å². The van der Waals surface area contributed by atoms with Gasteiger partial charge in [-0.25, -0.2) is 0 Å². The van der Waals surface area contributed by atoms with Crippen molar-refractivity contribution in [3.63, 3.8) is 0 Å². The molecule has 1 atom stereocenters. The smallest absolute Gasteiger partial charge is 0.184 e.